The largest absolute Gasteiger partial charge is 0.456 e. The highest BCUT2D eigenvalue weighted by atomic mass is 16.3. The van der Waals surface area contributed by atoms with Crippen LogP contribution < -0.4 is 0 Å². The molecule has 1 aliphatic carbocycles. The van der Waals surface area contributed by atoms with Gasteiger partial charge in [0.25, 0.3) is 0 Å². The Bertz CT molecular complexity index is 2820. The molecular weight excluding hydrogens is 599 g/mol. The predicted molar refractivity (Wildman–Crippen MR) is 202 cm³/mol. The van der Waals surface area contributed by atoms with E-state index in [9.17, 15) is 0 Å². The molecule has 9 aromatic rings. The van der Waals surface area contributed by atoms with E-state index in [4.69, 9.17) is 19.4 Å². The van der Waals surface area contributed by atoms with Crippen molar-refractivity contribution >= 4 is 54.3 Å². The van der Waals surface area contributed by atoms with Crippen LogP contribution in [0.1, 0.15) is 18.2 Å². The van der Waals surface area contributed by atoms with Gasteiger partial charge >= 0.3 is 0 Å². The molecule has 0 N–H and O–H groups in total. The fraction of sp³-hybridized carbons (Fsp3) is 0.0444. The van der Waals surface area contributed by atoms with Gasteiger partial charge in [0.1, 0.15) is 17.0 Å². The molecule has 0 aliphatic heterocycles. The summed E-state index contributed by atoms with van der Waals surface area (Å²) in [5, 5.41) is 9.44. The summed E-state index contributed by atoms with van der Waals surface area (Å²) in [5.41, 5.74) is 6.08. The van der Waals surface area contributed by atoms with Gasteiger partial charge in [-0.2, -0.15) is 0 Å². The number of furan rings is 1. The maximum atomic E-state index is 6.17. The van der Waals surface area contributed by atoms with Gasteiger partial charge in [-0.05, 0) is 80.2 Å². The van der Waals surface area contributed by atoms with Gasteiger partial charge in [0.2, 0.25) is 0 Å². The van der Waals surface area contributed by atoms with E-state index >= 15 is 0 Å². The highest BCUT2D eigenvalue weighted by Crippen LogP contribution is 2.38. The lowest BCUT2D eigenvalue weighted by Gasteiger charge is -2.15. The fourth-order valence-corrected chi connectivity index (χ4v) is 7.31. The Labute approximate surface area is 282 Å². The summed E-state index contributed by atoms with van der Waals surface area (Å²) in [5.74, 6) is 2.26. The maximum Gasteiger partial charge on any atom is 0.163 e. The van der Waals surface area contributed by atoms with Crippen LogP contribution in [0, 0.1) is 0 Å². The number of rotatable bonds is 4. The molecule has 2 aromatic heterocycles. The standard InChI is InChI=1S/C45H29N3O/c1-2-10-29(11-3-1)43-46-44(48-45(47-43)35-23-24-37-32(27-35)20-17-28-9-4-5-12-36(28)37)34-22-19-30-25-33(21-18-31(30)26-34)38-14-8-16-41-42(38)39-13-6-7-15-40(39)49-41/h1-10,12-27,29H,11H2. The molecule has 0 bridgehead atoms. The Morgan fingerprint density at radius 2 is 1.14 bits per heavy atom. The first-order valence-corrected chi connectivity index (χ1v) is 16.7. The first-order chi connectivity index (χ1) is 24.2. The quantitative estimate of drug-likeness (QED) is 0.182. The van der Waals surface area contributed by atoms with Crippen molar-refractivity contribution in [2.24, 2.45) is 0 Å². The number of hydrogen-bond donors (Lipinski definition) is 0. The summed E-state index contributed by atoms with van der Waals surface area (Å²) >= 11 is 0. The SMILES string of the molecule is C1=CCC(c2nc(-c3ccc4cc(-c5cccc6oc7ccccc7c56)ccc4c3)nc(-c3ccc4c(ccc5ccccc54)c3)n2)C=C1. The van der Waals surface area contributed by atoms with Crippen LogP contribution >= 0.6 is 0 Å². The molecule has 1 unspecified atom stereocenters. The third kappa shape index (κ3) is 4.72. The van der Waals surface area contributed by atoms with E-state index < -0.39 is 0 Å². The first kappa shape index (κ1) is 27.7. The normalized spacial score (nSPS) is 14.5. The number of aromatic nitrogens is 3. The monoisotopic (exact) mass is 627 g/mol. The molecule has 4 heteroatoms. The Kier molecular flexibility index (Phi) is 6.28. The van der Waals surface area contributed by atoms with Gasteiger partial charge in [0.15, 0.2) is 11.6 Å². The van der Waals surface area contributed by atoms with E-state index in [2.05, 4.69) is 140 Å². The van der Waals surface area contributed by atoms with Crippen molar-refractivity contribution in [2.45, 2.75) is 12.3 Å². The van der Waals surface area contributed by atoms with Crippen LogP contribution in [0.25, 0.3) is 88.2 Å². The minimum Gasteiger partial charge on any atom is -0.456 e. The highest BCUT2D eigenvalue weighted by Gasteiger charge is 2.18. The summed E-state index contributed by atoms with van der Waals surface area (Å²) in [4.78, 5) is 15.2. The predicted octanol–water partition coefficient (Wildman–Crippen LogP) is 11.8. The third-order valence-corrected chi connectivity index (χ3v) is 9.78. The number of hydrogen-bond acceptors (Lipinski definition) is 4. The number of fused-ring (bicyclic) bond motifs is 7. The zero-order chi connectivity index (χ0) is 32.3. The molecule has 4 nitrogen and oxygen atoms in total. The minimum atomic E-state index is 0.0969. The van der Waals surface area contributed by atoms with E-state index in [1.807, 2.05) is 18.2 Å². The second kappa shape index (κ2) is 11.1. The Morgan fingerprint density at radius 3 is 1.98 bits per heavy atom. The van der Waals surface area contributed by atoms with Crippen molar-refractivity contribution in [2.75, 3.05) is 0 Å². The molecule has 0 radical (unpaired) electrons. The smallest absolute Gasteiger partial charge is 0.163 e. The van der Waals surface area contributed by atoms with Crippen molar-refractivity contribution in [3.8, 4) is 33.9 Å². The van der Waals surface area contributed by atoms with Crippen LogP contribution in [-0.4, -0.2) is 15.0 Å². The zero-order valence-electron chi connectivity index (χ0n) is 26.5. The van der Waals surface area contributed by atoms with Gasteiger partial charge in [0.05, 0.1) is 0 Å². The summed E-state index contributed by atoms with van der Waals surface area (Å²) in [7, 11) is 0. The van der Waals surface area contributed by atoms with Gasteiger partial charge in [-0.25, -0.2) is 15.0 Å². The van der Waals surface area contributed by atoms with Gasteiger partial charge in [-0.1, -0.05) is 127 Å². The molecule has 0 fully saturated rings. The maximum absolute atomic E-state index is 6.17. The van der Waals surface area contributed by atoms with Crippen LogP contribution in [0.5, 0.6) is 0 Å². The average molecular weight is 628 g/mol. The van der Waals surface area contributed by atoms with Crippen LogP contribution in [0.15, 0.2) is 162 Å². The molecule has 10 rings (SSSR count). The number of benzene rings is 7. The molecule has 1 aliphatic rings. The van der Waals surface area contributed by atoms with Gasteiger partial charge in [0, 0.05) is 27.8 Å². The topological polar surface area (TPSA) is 51.8 Å². The highest BCUT2D eigenvalue weighted by molar-refractivity contribution is 6.13. The summed E-state index contributed by atoms with van der Waals surface area (Å²) in [6.07, 6.45) is 9.39. The molecule has 0 amide bonds. The third-order valence-electron chi connectivity index (χ3n) is 9.78. The average Bonchev–Trinajstić information content (AvgIpc) is 3.56. The summed E-state index contributed by atoms with van der Waals surface area (Å²) < 4.78 is 6.17. The second-order valence-corrected chi connectivity index (χ2v) is 12.8. The molecule has 2 heterocycles. The molecule has 0 spiro atoms. The van der Waals surface area contributed by atoms with E-state index in [0.29, 0.717) is 11.6 Å². The molecular formula is C45H29N3O. The molecule has 0 saturated heterocycles. The number of nitrogens with zero attached hydrogens (tertiary/aromatic N) is 3. The van der Waals surface area contributed by atoms with Crippen molar-refractivity contribution in [1.29, 1.82) is 0 Å². The molecule has 0 saturated carbocycles. The van der Waals surface area contributed by atoms with Crippen LogP contribution in [0.3, 0.4) is 0 Å². The summed E-state index contributed by atoms with van der Waals surface area (Å²) in [6.45, 7) is 0. The van der Waals surface area contributed by atoms with Crippen molar-refractivity contribution in [3.05, 3.63) is 164 Å². The summed E-state index contributed by atoms with van der Waals surface area (Å²) in [6, 6.07) is 47.1. The van der Waals surface area contributed by atoms with Crippen molar-refractivity contribution < 1.29 is 4.42 Å². The van der Waals surface area contributed by atoms with Gasteiger partial charge < -0.3 is 4.42 Å². The van der Waals surface area contributed by atoms with Crippen LogP contribution in [0.2, 0.25) is 0 Å². The zero-order valence-corrected chi connectivity index (χ0v) is 26.5. The number of para-hydroxylation sites is 1. The van der Waals surface area contributed by atoms with E-state index in [0.717, 1.165) is 67.2 Å². The lowest BCUT2D eigenvalue weighted by atomic mass is 9.96. The lowest BCUT2D eigenvalue weighted by molar-refractivity contribution is 0.669. The molecule has 1 atom stereocenters. The Morgan fingerprint density at radius 1 is 0.490 bits per heavy atom. The van der Waals surface area contributed by atoms with E-state index in [-0.39, 0.29) is 5.92 Å². The molecule has 7 aromatic carbocycles. The van der Waals surface area contributed by atoms with Crippen molar-refractivity contribution in [1.82, 2.24) is 15.0 Å². The Hall–Kier alpha value is -6.39. The molecule has 230 valence electrons. The lowest BCUT2D eigenvalue weighted by Crippen LogP contribution is -2.07. The van der Waals surface area contributed by atoms with Crippen LogP contribution in [0.4, 0.5) is 0 Å². The van der Waals surface area contributed by atoms with Crippen molar-refractivity contribution in [3.63, 3.8) is 0 Å². The van der Waals surface area contributed by atoms with Gasteiger partial charge in [-0.3, -0.25) is 0 Å². The Balaban J connectivity index is 1.08. The fourth-order valence-electron chi connectivity index (χ4n) is 7.31. The second-order valence-electron chi connectivity index (χ2n) is 12.8. The van der Waals surface area contributed by atoms with Gasteiger partial charge in [-0.15, -0.1) is 0 Å². The van der Waals surface area contributed by atoms with E-state index in [1.165, 1.54) is 21.5 Å². The number of allylic oxidation sites excluding steroid dienone is 4. The van der Waals surface area contributed by atoms with E-state index in [1.54, 1.807) is 0 Å². The molecule has 49 heavy (non-hydrogen) atoms. The van der Waals surface area contributed by atoms with Crippen LogP contribution in [-0.2, 0) is 0 Å². The minimum absolute atomic E-state index is 0.0969. The first-order valence-electron chi connectivity index (χ1n) is 16.7.